The number of hydrogen-bond acceptors (Lipinski definition) is 5. The summed E-state index contributed by atoms with van der Waals surface area (Å²) in [6, 6.07) is -0.939. The second-order valence-electron chi connectivity index (χ2n) is 7.71. The van der Waals surface area contributed by atoms with Crippen LogP contribution in [0.3, 0.4) is 0 Å². The molecule has 8 heteroatoms. The van der Waals surface area contributed by atoms with E-state index in [-0.39, 0.29) is 17.7 Å². The largest absolute Gasteiger partial charge is 0.394 e. The predicted molar refractivity (Wildman–Crippen MR) is 129 cm³/mol. The summed E-state index contributed by atoms with van der Waals surface area (Å²) in [6.45, 7) is 5.71. The van der Waals surface area contributed by atoms with Gasteiger partial charge in [0, 0.05) is 39.0 Å². The molecule has 1 atom stereocenters. The van der Waals surface area contributed by atoms with Gasteiger partial charge in [0.05, 0.1) is 6.61 Å². The predicted octanol–water partition coefficient (Wildman–Crippen LogP) is 2.03. The van der Waals surface area contributed by atoms with Gasteiger partial charge in [-0.3, -0.25) is 14.4 Å². The molecule has 0 aromatic carbocycles. The fourth-order valence-corrected chi connectivity index (χ4v) is 2.97. The molecule has 0 saturated heterocycles. The zero-order chi connectivity index (χ0) is 24.0. The summed E-state index contributed by atoms with van der Waals surface area (Å²) in [4.78, 5) is 37.6. The Kier molecular flexibility index (Phi) is 19.3. The van der Waals surface area contributed by atoms with E-state index in [9.17, 15) is 19.5 Å². The molecular weight excluding hydrogens is 408 g/mol. The first kappa shape index (κ1) is 29.8. The van der Waals surface area contributed by atoms with Gasteiger partial charge in [-0.25, -0.2) is 0 Å². The van der Waals surface area contributed by atoms with Gasteiger partial charge in [-0.05, 0) is 44.9 Å². The van der Waals surface area contributed by atoms with Crippen molar-refractivity contribution in [3.05, 3.63) is 24.3 Å². The third kappa shape index (κ3) is 16.5. The summed E-state index contributed by atoms with van der Waals surface area (Å²) in [6.07, 6.45) is 14.5. The molecule has 5 N–H and O–H groups in total. The van der Waals surface area contributed by atoms with Crippen LogP contribution >= 0.6 is 0 Å². The first-order chi connectivity index (χ1) is 15.5. The number of aliphatic hydroxyl groups excluding tert-OH is 1. The van der Waals surface area contributed by atoms with Crippen molar-refractivity contribution >= 4 is 17.7 Å². The molecule has 0 bridgehead atoms. The van der Waals surface area contributed by atoms with Crippen molar-refractivity contribution < 1.29 is 19.5 Å². The Morgan fingerprint density at radius 3 is 1.84 bits per heavy atom. The number of amides is 3. The van der Waals surface area contributed by atoms with E-state index in [0.717, 1.165) is 38.5 Å². The molecule has 0 saturated carbocycles. The number of rotatable bonds is 19. The van der Waals surface area contributed by atoms with Gasteiger partial charge in [0.25, 0.3) is 0 Å². The molecule has 32 heavy (non-hydrogen) atoms. The third-order valence-corrected chi connectivity index (χ3v) is 4.81. The Labute approximate surface area is 193 Å². The maximum absolute atomic E-state index is 12.4. The van der Waals surface area contributed by atoms with Crippen LogP contribution < -0.4 is 16.4 Å². The molecule has 0 aliphatic heterocycles. The monoisotopic (exact) mass is 452 g/mol. The Hall–Kier alpha value is -2.19. The summed E-state index contributed by atoms with van der Waals surface area (Å²) in [5.74, 6) is -0.270. The van der Waals surface area contributed by atoms with Crippen molar-refractivity contribution in [2.45, 2.75) is 77.7 Å². The summed E-state index contributed by atoms with van der Waals surface area (Å²) >= 11 is 0. The molecule has 0 aliphatic carbocycles. The lowest BCUT2D eigenvalue weighted by molar-refractivity contribution is -0.133. The number of carbonyl (C=O) groups excluding carboxylic acids is 3. The highest BCUT2D eigenvalue weighted by atomic mass is 16.3. The Bertz CT molecular complexity index is 578. The molecular formula is C24H44N4O4. The van der Waals surface area contributed by atoms with E-state index in [1.807, 2.05) is 24.3 Å². The molecule has 0 aromatic rings. The summed E-state index contributed by atoms with van der Waals surface area (Å²) in [5, 5.41) is 15.0. The van der Waals surface area contributed by atoms with Crippen LogP contribution in [0.5, 0.6) is 0 Å². The number of unbranched alkanes of at least 4 members (excludes halogenated alkanes) is 1. The minimum Gasteiger partial charge on any atom is -0.394 e. The lowest BCUT2D eigenvalue weighted by Crippen LogP contribution is -2.47. The van der Waals surface area contributed by atoms with Crippen LogP contribution in [0.4, 0.5) is 0 Å². The molecule has 0 rings (SSSR count). The normalized spacial score (nSPS) is 12.2. The van der Waals surface area contributed by atoms with Crippen LogP contribution in [0.25, 0.3) is 0 Å². The van der Waals surface area contributed by atoms with Crippen LogP contribution in [0.2, 0.25) is 0 Å². The van der Waals surface area contributed by atoms with Crippen LogP contribution in [-0.2, 0) is 14.4 Å². The second kappa shape index (κ2) is 20.7. The number of nitrogens with one attached hydrogen (secondary N) is 2. The number of nitrogens with two attached hydrogens (primary N) is 1. The van der Waals surface area contributed by atoms with E-state index in [1.165, 1.54) is 0 Å². The molecule has 8 nitrogen and oxygen atoms in total. The number of carbonyl (C=O) groups is 3. The fraction of sp³-hybridized carbons (Fsp3) is 0.708. The molecule has 0 aliphatic rings. The highest BCUT2D eigenvalue weighted by molar-refractivity contribution is 5.81. The number of aliphatic hydroxyl groups is 1. The van der Waals surface area contributed by atoms with Crippen LogP contribution in [-0.4, -0.2) is 66.6 Å². The molecule has 184 valence electrons. The quantitative estimate of drug-likeness (QED) is 0.176. The molecule has 0 unspecified atom stereocenters. The van der Waals surface area contributed by atoms with Gasteiger partial charge in [0.2, 0.25) is 17.7 Å². The maximum atomic E-state index is 12.4. The van der Waals surface area contributed by atoms with Gasteiger partial charge in [0.1, 0.15) is 6.04 Å². The standard InChI is InChI=1S/C24H44N4O4/c1-3-5-7-9-14-22(30)26-16-11-12-18-28(24(32)21(25)20-29)19-13-17-27-23(31)15-10-8-6-4-2/h5-8,21,29H,3-4,9-20,25H2,1-2H3,(H,26,30)(H,27,31)/t21-/m0/s1. The van der Waals surface area contributed by atoms with Gasteiger partial charge in [-0.1, -0.05) is 38.2 Å². The molecule has 0 heterocycles. The maximum Gasteiger partial charge on any atom is 0.241 e. The molecule has 0 spiro atoms. The van der Waals surface area contributed by atoms with Crippen molar-refractivity contribution in [2.24, 2.45) is 5.73 Å². The second-order valence-corrected chi connectivity index (χ2v) is 7.71. The topological polar surface area (TPSA) is 125 Å². The Balaban J connectivity index is 4.21. The molecule has 0 radical (unpaired) electrons. The average molecular weight is 453 g/mol. The highest BCUT2D eigenvalue weighted by Crippen LogP contribution is 2.01. The van der Waals surface area contributed by atoms with Gasteiger partial charge >= 0.3 is 0 Å². The SMILES string of the molecule is CCC=CCCC(=O)NCCCCN(CCCNC(=O)CCC=CCC)C(=O)[C@@H](N)CO. The van der Waals surface area contributed by atoms with E-state index in [1.54, 1.807) is 4.90 Å². The van der Waals surface area contributed by atoms with Crippen molar-refractivity contribution in [3.63, 3.8) is 0 Å². The van der Waals surface area contributed by atoms with Crippen LogP contribution in [0.1, 0.15) is 71.6 Å². The number of allylic oxidation sites excluding steroid dienone is 4. The number of nitrogens with zero attached hydrogens (tertiary/aromatic N) is 1. The van der Waals surface area contributed by atoms with Crippen molar-refractivity contribution in [1.82, 2.24) is 15.5 Å². The molecule has 3 amide bonds. The lowest BCUT2D eigenvalue weighted by Gasteiger charge is -2.25. The zero-order valence-corrected chi connectivity index (χ0v) is 20.0. The van der Waals surface area contributed by atoms with E-state index in [2.05, 4.69) is 24.5 Å². The van der Waals surface area contributed by atoms with Gasteiger partial charge < -0.3 is 26.4 Å². The third-order valence-electron chi connectivity index (χ3n) is 4.81. The van der Waals surface area contributed by atoms with Crippen LogP contribution in [0, 0.1) is 0 Å². The Morgan fingerprint density at radius 2 is 1.34 bits per heavy atom. The molecule has 0 aromatic heterocycles. The van der Waals surface area contributed by atoms with Gasteiger partial charge in [0.15, 0.2) is 0 Å². The zero-order valence-electron chi connectivity index (χ0n) is 20.0. The van der Waals surface area contributed by atoms with Gasteiger partial charge in [-0.15, -0.1) is 0 Å². The van der Waals surface area contributed by atoms with E-state index >= 15 is 0 Å². The van der Waals surface area contributed by atoms with Crippen LogP contribution in [0.15, 0.2) is 24.3 Å². The van der Waals surface area contributed by atoms with Crippen molar-refractivity contribution in [2.75, 3.05) is 32.8 Å². The van der Waals surface area contributed by atoms with Crippen molar-refractivity contribution in [3.8, 4) is 0 Å². The fourth-order valence-electron chi connectivity index (χ4n) is 2.97. The summed E-state index contributed by atoms with van der Waals surface area (Å²) in [5.41, 5.74) is 5.71. The minimum atomic E-state index is -0.939. The molecule has 0 fully saturated rings. The first-order valence-electron chi connectivity index (χ1n) is 11.9. The first-order valence-corrected chi connectivity index (χ1v) is 11.9. The smallest absolute Gasteiger partial charge is 0.241 e. The van der Waals surface area contributed by atoms with Gasteiger partial charge in [-0.2, -0.15) is 0 Å². The summed E-state index contributed by atoms with van der Waals surface area (Å²) < 4.78 is 0. The average Bonchev–Trinajstić information content (AvgIpc) is 2.79. The number of hydrogen-bond donors (Lipinski definition) is 4. The Morgan fingerprint density at radius 1 is 0.844 bits per heavy atom. The van der Waals surface area contributed by atoms with E-state index in [4.69, 9.17) is 5.73 Å². The van der Waals surface area contributed by atoms with E-state index in [0.29, 0.717) is 45.4 Å². The summed E-state index contributed by atoms with van der Waals surface area (Å²) in [7, 11) is 0. The highest BCUT2D eigenvalue weighted by Gasteiger charge is 2.19. The lowest BCUT2D eigenvalue weighted by atomic mass is 10.2. The van der Waals surface area contributed by atoms with Crippen molar-refractivity contribution in [1.29, 1.82) is 0 Å². The van der Waals surface area contributed by atoms with E-state index < -0.39 is 12.6 Å². The minimum absolute atomic E-state index is 0.00313.